The maximum Gasteiger partial charge on any atom is 0.405 e. The summed E-state index contributed by atoms with van der Waals surface area (Å²) in [6, 6.07) is 1.77. The third-order valence-corrected chi connectivity index (χ3v) is 3.91. The average Bonchev–Trinajstić information content (AvgIpc) is 2.34. The van der Waals surface area contributed by atoms with Crippen molar-refractivity contribution in [1.82, 2.24) is 9.80 Å². The van der Waals surface area contributed by atoms with E-state index in [1.165, 1.54) is 12.5 Å². The Balaban J connectivity index is 1.89. The van der Waals surface area contributed by atoms with Crippen molar-refractivity contribution >= 4 is 0 Å². The van der Waals surface area contributed by atoms with Gasteiger partial charge in [-0.1, -0.05) is 6.42 Å². The zero-order valence-corrected chi connectivity index (χ0v) is 10.3. The van der Waals surface area contributed by atoms with E-state index in [0.717, 1.165) is 25.9 Å². The lowest BCUT2D eigenvalue weighted by atomic mass is 9.99. The number of fused-ring (bicyclic) bond motifs is 1. The Kier molecular flexibility index (Phi) is 4.13. The molecule has 2 rings (SSSR count). The van der Waals surface area contributed by atoms with Gasteiger partial charge in [-0.25, -0.2) is 0 Å². The number of rotatable bonds is 2. The predicted molar refractivity (Wildman–Crippen MR) is 60.8 cm³/mol. The van der Waals surface area contributed by atoms with Crippen LogP contribution in [-0.2, 0) is 0 Å². The van der Waals surface area contributed by atoms with Gasteiger partial charge in [-0.3, -0.25) is 9.80 Å². The van der Waals surface area contributed by atoms with Gasteiger partial charge in [0.2, 0.25) is 0 Å². The van der Waals surface area contributed by atoms with Crippen molar-refractivity contribution in [3.8, 4) is 6.07 Å². The van der Waals surface area contributed by atoms with Crippen LogP contribution in [0, 0.1) is 17.2 Å². The van der Waals surface area contributed by atoms with E-state index in [-0.39, 0.29) is 6.54 Å². The number of nitriles is 1. The average molecular weight is 261 g/mol. The first kappa shape index (κ1) is 13.6. The van der Waals surface area contributed by atoms with Crippen LogP contribution in [0.4, 0.5) is 13.2 Å². The number of hydrogen-bond donors (Lipinski definition) is 0. The van der Waals surface area contributed by atoms with Gasteiger partial charge in [0.05, 0.1) is 6.07 Å². The van der Waals surface area contributed by atoms with Gasteiger partial charge in [0.25, 0.3) is 0 Å². The van der Waals surface area contributed by atoms with Crippen LogP contribution in [0.3, 0.4) is 0 Å². The van der Waals surface area contributed by atoms with Crippen LogP contribution in [0.1, 0.15) is 19.3 Å². The summed E-state index contributed by atoms with van der Waals surface area (Å²) in [4.78, 5) is 4.17. The molecule has 2 fully saturated rings. The van der Waals surface area contributed by atoms with Crippen molar-refractivity contribution in [3.05, 3.63) is 0 Å². The molecule has 18 heavy (non-hydrogen) atoms. The van der Waals surface area contributed by atoms with Crippen molar-refractivity contribution in [2.24, 2.45) is 5.92 Å². The fraction of sp³-hybridized carbons (Fsp3) is 0.917. The van der Waals surface area contributed by atoms with Crippen LogP contribution in [0.2, 0.25) is 0 Å². The first-order valence-corrected chi connectivity index (χ1v) is 6.43. The molecule has 2 saturated heterocycles. The summed E-state index contributed by atoms with van der Waals surface area (Å²) in [5.74, 6) is -1.85. The fourth-order valence-electron chi connectivity index (χ4n) is 2.86. The molecule has 0 amide bonds. The summed E-state index contributed by atoms with van der Waals surface area (Å²) < 4.78 is 37.6. The van der Waals surface area contributed by atoms with Crippen LogP contribution in [0.25, 0.3) is 0 Å². The van der Waals surface area contributed by atoms with E-state index in [1.807, 2.05) is 0 Å². The highest BCUT2D eigenvalue weighted by atomic mass is 19.4. The topological polar surface area (TPSA) is 30.3 Å². The number of hydrogen-bond acceptors (Lipinski definition) is 3. The summed E-state index contributed by atoms with van der Waals surface area (Å²) >= 11 is 0. The molecule has 0 aromatic carbocycles. The third-order valence-electron chi connectivity index (χ3n) is 3.91. The molecule has 2 unspecified atom stereocenters. The van der Waals surface area contributed by atoms with E-state index in [1.54, 1.807) is 4.90 Å². The van der Waals surface area contributed by atoms with Crippen molar-refractivity contribution in [1.29, 1.82) is 5.26 Å². The van der Waals surface area contributed by atoms with Crippen molar-refractivity contribution in [3.63, 3.8) is 0 Å². The molecule has 2 atom stereocenters. The van der Waals surface area contributed by atoms with Gasteiger partial charge in [-0.05, 0) is 19.4 Å². The zero-order valence-electron chi connectivity index (χ0n) is 10.3. The molecular formula is C12H18F3N3. The summed E-state index contributed by atoms with van der Waals surface area (Å²) in [6.07, 6.45) is -0.978. The quantitative estimate of drug-likeness (QED) is 0.760. The van der Waals surface area contributed by atoms with Crippen molar-refractivity contribution in [2.45, 2.75) is 31.5 Å². The first-order chi connectivity index (χ1) is 8.50. The summed E-state index contributed by atoms with van der Waals surface area (Å²) in [5.41, 5.74) is 0. The Morgan fingerprint density at radius 3 is 2.67 bits per heavy atom. The van der Waals surface area contributed by atoms with Gasteiger partial charge in [-0.15, -0.1) is 0 Å². The van der Waals surface area contributed by atoms with Gasteiger partial charge in [0.15, 0.2) is 5.92 Å². The van der Waals surface area contributed by atoms with Gasteiger partial charge in [0.1, 0.15) is 0 Å². The Labute approximate surface area is 105 Å². The molecule has 2 aliphatic heterocycles. The van der Waals surface area contributed by atoms with E-state index in [4.69, 9.17) is 5.26 Å². The minimum absolute atomic E-state index is 0.176. The number of nitrogens with zero attached hydrogens (tertiary/aromatic N) is 3. The molecule has 0 spiro atoms. The second kappa shape index (κ2) is 5.45. The molecule has 0 aromatic heterocycles. The zero-order chi connectivity index (χ0) is 13.2. The van der Waals surface area contributed by atoms with Crippen LogP contribution in [0.15, 0.2) is 0 Å². The van der Waals surface area contributed by atoms with E-state index in [2.05, 4.69) is 4.90 Å². The maximum absolute atomic E-state index is 12.5. The Bertz CT molecular complexity index is 324. The minimum Gasteiger partial charge on any atom is -0.299 e. The van der Waals surface area contributed by atoms with E-state index < -0.39 is 12.1 Å². The molecule has 0 saturated carbocycles. The number of alkyl halides is 3. The lowest BCUT2D eigenvalue weighted by molar-refractivity contribution is -0.164. The molecule has 2 aliphatic rings. The van der Waals surface area contributed by atoms with Crippen LogP contribution < -0.4 is 0 Å². The molecule has 3 nitrogen and oxygen atoms in total. The van der Waals surface area contributed by atoms with Gasteiger partial charge < -0.3 is 0 Å². The third kappa shape index (κ3) is 3.15. The molecule has 0 N–H and O–H groups in total. The van der Waals surface area contributed by atoms with E-state index in [0.29, 0.717) is 19.1 Å². The van der Waals surface area contributed by atoms with Gasteiger partial charge in [-0.2, -0.15) is 18.4 Å². The normalized spacial score (nSPS) is 28.4. The molecule has 6 heteroatoms. The second-order valence-corrected chi connectivity index (χ2v) is 5.17. The van der Waals surface area contributed by atoms with Crippen molar-refractivity contribution < 1.29 is 13.2 Å². The highest BCUT2D eigenvalue weighted by molar-refractivity contribution is 4.93. The largest absolute Gasteiger partial charge is 0.405 e. The molecule has 0 radical (unpaired) electrons. The SMILES string of the molecule is N#CC(CN1CCN2CCCCC2C1)C(F)(F)F. The van der Waals surface area contributed by atoms with Gasteiger partial charge in [0, 0.05) is 32.2 Å². The lowest BCUT2D eigenvalue weighted by Gasteiger charge is -2.44. The predicted octanol–water partition coefficient (Wildman–Crippen LogP) is 1.86. The maximum atomic E-state index is 12.5. The fourth-order valence-corrected chi connectivity index (χ4v) is 2.86. The second-order valence-electron chi connectivity index (χ2n) is 5.17. The smallest absolute Gasteiger partial charge is 0.299 e. The van der Waals surface area contributed by atoms with E-state index in [9.17, 15) is 13.2 Å². The highest BCUT2D eigenvalue weighted by Crippen LogP contribution is 2.28. The Morgan fingerprint density at radius 2 is 2.00 bits per heavy atom. The standard InChI is InChI=1S/C12H18F3N3/c13-12(14,15)10(7-16)8-17-5-6-18-4-2-1-3-11(18)9-17/h10-11H,1-6,8-9H2. The van der Waals surface area contributed by atoms with Crippen LogP contribution >= 0.6 is 0 Å². The molecule has 0 aliphatic carbocycles. The minimum atomic E-state index is -4.40. The highest BCUT2D eigenvalue weighted by Gasteiger charge is 2.42. The molecule has 2 heterocycles. The number of piperidine rings is 1. The molecule has 0 aromatic rings. The van der Waals surface area contributed by atoms with Crippen molar-refractivity contribution in [2.75, 3.05) is 32.7 Å². The Morgan fingerprint density at radius 1 is 1.22 bits per heavy atom. The molecule has 102 valence electrons. The number of halogens is 3. The van der Waals surface area contributed by atoms with Crippen LogP contribution in [0.5, 0.6) is 0 Å². The first-order valence-electron chi connectivity index (χ1n) is 6.43. The Hall–Kier alpha value is -0.800. The lowest BCUT2D eigenvalue weighted by Crippen LogP contribution is -2.56. The van der Waals surface area contributed by atoms with E-state index >= 15 is 0 Å². The van der Waals surface area contributed by atoms with Crippen LogP contribution in [-0.4, -0.2) is 54.7 Å². The summed E-state index contributed by atoms with van der Waals surface area (Å²) in [5, 5.41) is 8.62. The summed E-state index contributed by atoms with van der Waals surface area (Å²) in [7, 11) is 0. The monoisotopic (exact) mass is 261 g/mol. The molecular weight excluding hydrogens is 243 g/mol. The number of piperazine rings is 1. The summed E-state index contributed by atoms with van der Waals surface area (Å²) in [6.45, 7) is 3.05. The van der Waals surface area contributed by atoms with Gasteiger partial charge >= 0.3 is 6.18 Å². The molecule has 0 bridgehead atoms.